The Morgan fingerprint density at radius 2 is 1.95 bits per heavy atom. The lowest BCUT2D eigenvalue weighted by Gasteiger charge is -2.18. The molecule has 0 spiro atoms. The van der Waals surface area contributed by atoms with Crippen molar-refractivity contribution in [1.29, 1.82) is 0 Å². The number of aliphatic hydroxyl groups excluding tert-OH is 1. The van der Waals surface area contributed by atoms with E-state index in [4.69, 9.17) is 0 Å². The third-order valence-electron chi connectivity index (χ3n) is 3.54. The van der Waals surface area contributed by atoms with E-state index >= 15 is 0 Å². The molecular weight excluding hydrogens is 250 g/mol. The van der Waals surface area contributed by atoms with Gasteiger partial charge in [-0.1, -0.05) is 18.2 Å². The highest BCUT2D eigenvalue weighted by Crippen LogP contribution is 2.29. The summed E-state index contributed by atoms with van der Waals surface area (Å²) >= 11 is 0. The normalized spacial score (nSPS) is 13.0. The number of hydrogen-bond donors (Lipinski definition) is 1. The molecule has 20 heavy (non-hydrogen) atoms. The Balaban J connectivity index is 2.13. The topological polar surface area (TPSA) is 50.9 Å². The molecule has 0 saturated heterocycles. The number of nitrogens with zero attached hydrogens (tertiary/aromatic N) is 3. The molecule has 2 heterocycles. The lowest BCUT2D eigenvalue weighted by Crippen LogP contribution is -2.10. The van der Waals surface area contributed by atoms with E-state index in [0.29, 0.717) is 0 Å². The minimum absolute atomic E-state index is 0.259. The van der Waals surface area contributed by atoms with Crippen molar-refractivity contribution < 1.29 is 5.11 Å². The third-order valence-corrected chi connectivity index (χ3v) is 3.54. The van der Waals surface area contributed by atoms with Gasteiger partial charge >= 0.3 is 0 Å². The zero-order chi connectivity index (χ0) is 14.1. The first kappa shape index (κ1) is 12.8. The minimum atomic E-state index is -0.701. The molecule has 0 aliphatic heterocycles. The summed E-state index contributed by atoms with van der Waals surface area (Å²) in [6, 6.07) is 8.12. The van der Waals surface area contributed by atoms with Gasteiger partial charge in [0.2, 0.25) is 0 Å². The van der Waals surface area contributed by atoms with E-state index in [2.05, 4.69) is 23.8 Å². The second-order valence-corrected chi connectivity index (χ2v) is 5.17. The molecule has 0 bridgehead atoms. The summed E-state index contributed by atoms with van der Waals surface area (Å²) in [6.45, 7) is 4.14. The van der Waals surface area contributed by atoms with Gasteiger partial charge in [0.25, 0.3) is 0 Å². The maximum absolute atomic E-state index is 10.7. The number of fused-ring (bicyclic) bond motifs is 1. The van der Waals surface area contributed by atoms with Gasteiger partial charge in [0.15, 0.2) is 0 Å². The second-order valence-electron chi connectivity index (χ2n) is 5.17. The van der Waals surface area contributed by atoms with E-state index in [0.717, 1.165) is 22.0 Å². The molecule has 1 aromatic carbocycles. The Morgan fingerprint density at radius 1 is 1.10 bits per heavy atom. The monoisotopic (exact) mass is 267 g/mol. The van der Waals surface area contributed by atoms with Crippen LogP contribution in [0.4, 0.5) is 0 Å². The first-order valence-electron chi connectivity index (χ1n) is 6.71. The van der Waals surface area contributed by atoms with Gasteiger partial charge in [-0.05, 0) is 30.9 Å². The van der Waals surface area contributed by atoms with Crippen molar-refractivity contribution in [3.05, 3.63) is 60.4 Å². The van der Waals surface area contributed by atoms with E-state index in [1.165, 1.54) is 0 Å². The fourth-order valence-electron chi connectivity index (χ4n) is 2.49. The molecule has 0 fully saturated rings. The highest BCUT2D eigenvalue weighted by Gasteiger charge is 2.18. The average Bonchev–Trinajstić information content (AvgIpc) is 2.95. The number of pyridine rings is 1. The highest BCUT2D eigenvalue weighted by atomic mass is 16.3. The molecule has 0 aliphatic rings. The molecule has 4 nitrogen and oxygen atoms in total. The van der Waals surface area contributed by atoms with Crippen molar-refractivity contribution in [2.45, 2.75) is 26.0 Å². The number of benzene rings is 1. The number of aliphatic hydroxyl groups is 1. The zero-order valence-corrected chi connectivity index (χ0v) is 11.6. The van der Waals surface area contributed by atoms with Crippen LogP contribution >= 0.6 is 0 Å². The van der Waals surface area contributed by atoms with Gasteiger partial charge in [-0.15, -0.1) is 0 Å². The molecule has 4 heteroatoms. The van der Waals surface area contributed by atoms with E-state index < -0.39 is 6.10 Å². The molecule has 3 aromatic rings. The quantitative estimate of drug-likeness (QED) is 0.793. The maximum Gasteiger partial charge on any atom is 0.121 e. The molecule has 2 aromatic heterocycles. The van der Waals surface area contributed by atoms with Crippen LogP contribution in [0, 0.1) is 0 Å². The standard InChI is InChI=1S/C16H17N3O/c1-11(2)19-10-18-9-15(19)16(20)13-5-3-4-12-6-7-17-8-14(12)13/h3-11,16,20H,1-2H3. The fourth-order valence-corrected chi connectivity index (χ4v) is 2.49. The van der Waals surface area contributed by atoms with Gasteiger partial charge < -0.3 is 9.67 Å². The van der Waals surface area contributed by atoms with Crippen molar-refractivity contribution >= 4 is 10.8 Å². The van der Waals surface area contributed by atoms with E-state index in [1.54, 1.807) is 24.9 Å². The summed E-state index contributed by atoms with van der Waals surface area (Å²) in [5, 5.41) is 12.8. The van der Waals surface area contributed by atoms with E-state index in [-0.39, 0.29) is 6.04 Å². The van der Waals surface area contributed by atoms with Crippen molar-refractivity contribution in [1.82, 2.24) is 14.5 Å². The molecule has 1 unspecified atom stereocenters. The number of aromatic nitrogens is 3. The van der Waals surface area contributed by atoms with Crippen molar-refractivity contribution in [3.8, 4) is 0 Å². The van der Waals surface area contributed by atoms with Gasteiger partial charge in [-0.3, -0.25) is 4.98 Å². The first-order chi connectivity index (χ1) is 9.68. The number of rotatable bonds is 3. The Bertz CT molecular complexity index is 728. The smallest absolute Gasteiger partial charge is 0.121 e. The predicted octanol–water partition coefficient (Wildman–Crippen LogP) is 3.09. The highest BCUT2D eigenvalue weighted by molar-refractivity contribution is 5.85. The van der Waals surface area contributed by atoms with Crippen LogP contribution in [0.1, 0.15) is 37.3 Å². The molecule has 0 saturated carbocycles. The predicted molar refractivity (Wildman–Crippen MR) is 78.4 cm³/mol. The molecule has 3 rings (SSSR count). The molecule has 0 radical (unpaired) electrons. The number of imidazole rings is 1. The summed E-state index contributed by atoms with van der Waals surface area (Å²) in [5.74, 6) is 0. The zero-order valence-electron chi connectivity index (χ0n) is 11.6. The molecule has 1 atom stereocenters. The maximum atomic E-state index is 10.7. The van der Waals surface area contributed by atoms with Crippen molar-refractivity contribution in [2.24, 2.45) is 0 Å². The first-order valence-corrected chi connectivity index (χ1v) is 6.71. The Kier molecular flexibility index (Phi) is 3.24. The van der Waals surface area contributed by atoms with Crippen LogP contribution in [-0.2, 0) is 0 Å². The van der Waals surface area contributed by atoms with Crippen LogP contribution in [0.25, 0.3) is 10.8 Å². The second kappa shape index (κ2) is 5.06. The van der Waals surface area contributed by atoms with Crippen LogP contribution < -0.4 is 0 Å². The Hall–Kier alpha value is -2.20. The summed E-state index contributed by atoms with van der Waals surface area (Å²) in [6.07, 6.45) is 6.33. The lowest BCUT2D eigenvalue weighted by atomic mass is 10.0. The Labute approximate surface area is 117 Å². The van der Waals surface area contributed by atoms with Crippen LogP contribution in [0.3, 0.4) is 0 Å². The minimum Gasteiger partial charge on any atom is -0.382 e. The largest absolute Gasteiger partial charge is 0.382 e. The molecule has 102 valence electrons. The Morgan fingerprint density at radius 3 is 2.75 bits per heavy atom. The summed E-state index contributed by atoms with van der Waals surface area (Å²) in [4.78, 5) is 8.32. The van der Waals surface area contributed by atoms with Crippen molar-refractivity contribution in [2.75, 3.05) is 0 Å². The van der Waals surface area contributed by atoms with Gasteiger partial charge in [0, 0.05) is 23.8 Å². The van der Waals surface area contributed by atoms with Gasteiger partial charge in [-0.25, -0.2) is 4.98 Å². The summed E-state index contributed by atoms with van der Waals surface area (Å²) in [5.41, 5.74) is 1.66. The SMILES string of the molecule is CC(C)n1cncc1C(O)c1cccc2ccncc12. The molecular formula is C16H17N3O. The van der Waals surface area contributed by atoms with E-state index in [1.807, 2.05) is 28.8 Å². The van der Waals surface area contributed by atoms with Crippen LogP contribution in [-0.4, -0.2) is 19.6 Å². The molecule has 1 N–H and O–H groups in total. The fraction of sp³-hybridized carbons (Fsp3) is 0.250. The number of hydrogen-bond acceptors (Lipinski definition) is 3. The van der Waals surface area contributed by atoms with E-state index in [9.17, 15) is 5.11 Å². The van der Waals surface area contributed by atoms with Gasteiger partial charge in [0.05, 0.1) is 18.2 Å². The third kappa shape index (κ3) is 2.08. The molecule has 0 amide bonds. The van der Waals surface area contributed by atoms with Crippen LogP contribution in [0.5, 0.6) is 0 Å². The lowest BCUT2D eigenvalue weighted by molar-refractivity contribution is 0.209. The average molecular weight is 267 g/mol. The van der Waals surface area contributed by atoms with Crippen LogP contribution in [0.2, 0.25) is 0 Å². The van der Waals surface area contributed by atoms with Gasteiger partial charge in [0.1, 0.15) is 6.10 Å². The summed E-state index contributed by atoms with van der Waals surface area (Å²) in [7, 11) is 0. The van der Waals surface area contributed by atoms with Gasteiger partial charge in [-0.2, -0.15) is 0 Å². The van der Waals surface area contributed by atoms with Crippen molar-refractivity contribution in [3.63, 3.8) is 0 Å². The molecule has 0 aliphatic carbocycles. The van der Waals surface area contributed by atoms with Crippen LogP contribution in [0.15, 0.2) is 49.2 Å². The summed E-state index contributed by atoms with van der Waals surface area (Å²) < 4.78 is 1.99.